The van der Waals surface area contributed by atoms with Crippen LogP contribution < -0.4 is 10.6 Å². The molecule has 0 saturated heterocycles. The molecule has 4 nitrogen and oxygen atoms in total. The van der Waals surface area contributed by atoms with E-state index in [0.29, 0.717) is 12.3 Å². The first-order valence-corrected chi connectivity index (χ1v) is 7.37. The molecule has 2 N–H and O–H groups in total. The van der Waals surface area contributed by atoms with Gasteiger partial charge in [0, 0.05) is 22.2 Å². The molecular weight excluding hydrogens is 266 g/mol. The van der Waals surface area contributed by atoms with Gasteiger partial charge >= 0.3 is 0 Å². The third-order valence-electron chi connectivity index (χ3n) is 2.54. The molecule has 0 aliphatic carbocycles. The molecule has 0 unspecified atom stereocenters. The molecule has 0 bridgehead atoms. The summed E-state index contributed by atoms with van der Waals surface area (Å²) in [6, 6.07) is 6.02. The molecule has 1 aromatic carbocycles. The zero-order valence-electron chi connectivity index (χ0n) is 9.47. The fraction of sp³-hybridized carbons (Fsp3) is 0.167. The normalized spacial score (nSPS) is 13.9. The summed E-state index contributed by atoms with van der Waals surface area (Å²) in [4.78, 5) is 16.7. The second-order valence-electron chi connectivity index (χ2n) is 3.83. The predicted octanol–water partition coefficient (Wildman–Crippen LogP) is 2.80. The van der Waals surface area contributed by atoms with Gasteiger partial charge in [-0.1, -0.05) is 0 Å². The van der Waals surface area contributed by atoms with Crippen LogP contribution in [0.1, 0.15) is 5.01 Å². The number of nitrogens with zero attached hydrogens (tertiary/aromatic N) is 1. The maximum absolute atomic E-state index is 11.3. The van der Waals surface area contributed by atoms with E-state index in [0.717, 1.165) is 21.3 Å². The molecule has 0 saturated carbocycles. The van der Waals surface area contributed by atoms with Gasteiger partial charge in [0.25, 0.3) is 0 Å². The standard InChI is InChI=1S/C12H11N3OS2/c16-11-7-18-10-2-1-8(5-9(10)15-11)14-6-12-13-3-4-17-12/h1-5,14H,6-7H2,(H,15,16). The summed E-state index contributed by atoms with van der Waals surface area (Å²) in [6.45, 7) is 0.706. The Morgan fingerprint density at radius 1 is 1.44 bits per heavy atom. The fourth-order valence-corrected chi connectivity index (χ4v) is 3.06. The first kappa shape index (κ1) is 11.6. The summed E-state index contributed by atoms with van der Waals surface area (Å²) in [5, 5.41) is 9.19. The van der Waals surface area contributed by atoms with Crippen LogP contribution in [0.3, 0.4) is 0 Å². The largest absolute Gasteiger partial charge is 0.378 e. The molecule has 2 heterocycles. The molecule has 1 aliphatic heterocycles. The van der Waals surface area contributed by atoms with Crippen LogP contribution in [0.2, 0.25) is 0 Å². The van der Waals surface area contributed by atoms with Gasteiger partial charge in [-0.2, -0.15) is 0 Å². The highest BCUT2D eigenvalue weighted by Gasteiger charge is 2.15. The van der Waals surface area contributed by atoms with Gasteiger partial charge in [0.05, 0.1) is 18.0 Å². The number of carbonyl (C=O) groups excluding carboxylic acids is 1. The van der Waals surface area contributed by atoms with Crippen LogP contribution in [0.25, 0.3) is 0 Å². The van der Waals surface area contributed by atoms with Crippen LogP contribution in [0.15, 0.2) is 34.7 Å². The zero-order valence-corrected chi connectivity index (χ0v) is 11.1. The van der Waals surface area contributed by atoms with Crippen LogP contribution in [0.4, 0.5) is 11.4 Å². The minimum atomic E-state index is 0.0598. The van der Waals surface area contributed by atoms with Crippen molar-refractivity contribution in [2.24, 2.45) is 0 Å². The van der Waals surface area contributed by atoms with Gasteiger partial charge in [0.2, 0.25) is 5.91 Å². The Morgan fingerprint density at radius 2 is 2.39 bits per heavy atom. The number of hydrogen-bond acceptors (Lipinski definition) is 5. The Labute approximate surface area is 113 Å². The van der Waals surface area contributed by atoms with Crippen molar-refractivity contribution in [3.63, 3.8) is 0 Å². The summed E-state index contributed by atoms with van der Waals surface area (Å²) < 4.78 is 0. The Kier molecular flexibility index (Phi) is 3.21. The number of carbonyl (C=O) groups is 1. The van der Waals surface area contributed by atoms with E-state index < -0.39 is 0 Å². The maximum Gasteiger partial charge on any atom is 0.234 e. The van der Waals surface area contributed by atoms with E-state index in [4.69, 9.17) is 0 Å². The molecule has 3 rings (SSSR count). The molecule has 92 valence electrons. The van der Waals surface area contributed by atoms with Gasteiger partial charge in [-0.25, -0.2) is 4.98 Å². The highest BCUT2D eigenvalue weighted by Crippen LogP contribution is 2.33. The highest BCUT2D eigenvalue weighted by atomic mass is 32.2. The smallest absolute Gasteiger partial charge is 0.234 e. The Hall–Kier alpha value is -1.53. The molecule has 6 heteroatoms. The number of thiazole rings is 1. The first-order chi connectivity index (χ1) is 8.81. The van der Waals surface area contributed by atoms with Crippen molar-refractivity contribution in [2.75, 3.05) is 16.4 Å². The van der Waals surface area contributed by atoms with E-state index in [9.17, 15) is 4.79 Å². The number of hydrogen-bond donors (Lipinski definition) is 2. The number of benzene rings is 1. The maximum atomic E-state index is 11.3. The number of aromatic nitrogens is 1. The first-order valence-electron chi connectivity index (χ1n) is 5.50. The molecule has 0 spiro atoms. The van der Waals surface area contributed by atoms with Gasteiger partial charge < -0.3 is 10.6 Å². The lowest BCUT2D eigenvalue weighted by Crippen LogP contribution is -2.18. The van der Waals surface area contributed by atoms with Crippen molar-refractivity contribution in [2.45, 2.75) is 11.4 Å². The van der Waals surface area contributed by atoms with E-state index >= 15 is 0 Å². The molecule has 0 fully saturated rings. The van der Waals surface area contributed by atoms with Gasteiger partial charge in [-0.05, 0) is 18.2 Å². The van der Waals surface area contributed by atoms with Crippen molar-refractivity contribution < 1.29 is 4.79 Å². The molecule has 18 heavy (non-hydrogen) atoms. The summed E-state index contributed by atoms with van der Waals surface area (Å²) in [5.41, 5.74) is 1.88. The van der Waals surface area contributed by atoms with Crippen LogP contribution in [-0.2, 0) is 11.3 Å². The van der Waals surface area contributed by atoms with Crippen molar-refractivity contribution in [3.05, 3.63) is 34.8 Å². The highest BCUT2D eigenvalue weighted by molar-refractivity contribution is 8.00. The topological polar surface area (TPSA) is 54.0 Å². The molecule has 2 aromatic rings. The van der Waals surface area contributed by atoms with Gasteiger partial charge in [0.15, 0.2) is 0 Å². The monoisotopic (exact) mass is 277 g/mol. The number of thioether (sulfide) groups is 1. The molecule has 1 aliphatic rings. The van der Waals surface area contributed by atoms with Gasteiger partial charge in [0.1, 0.15) is 5.01 Å². The van der Waals surface area contributed by atoms with Crippen LogP contribution in [0.5, 0.6) is 0 Å². The number of nitrogens with one attached hydrogen (secondary N) is 2. The van der Waals surface area contributed by atoms with Crippen molar-refractivity contribution in [3.8, 4) is 0 Å². The number of anilines is 2. The molecule has 1 amide bonds. The molecule has 1 aromatic heterocycles. The minimum Gasteiger partial charge on any atom is -0.378 e. The summed E-state index contributed by atoms with van der Waals surface area (Å²) in [6.07, 6.45) is 1.80. The lowest BCUT2D eigenvalue weighted by Gasteiger charge is -2.17. The summed E-state index contributed by atoms with van der Waals surface area (Å²) in [7, 11) is 0. The molecule has 0 radical (unpaired) electrons. The fourth-order valence-electron chi connectivity index (χ4n) is 1.71. The van der Waals surface area contributed by atoms with Crippen LogP contribution in [0, 0.1) is 0 Å². The van der Waals surface area contributed by atoms with Crippen LogP contribution in [-0.4, -0.2) is 16.6 Å². The van der Waals surface area contributed by atoms with E-state index in [1.807, 2.05) is 23.6 Å². The number of rotatable bonds is 3. The third kappa shape index (κ3) is 2.49. The van der Waals surface area contributed by atoms with Gasteiger partial charge in [-0.3, -0.25) is 4.79 Å². The average Bonchev–Trinajstić information content (AvgIpc) is 2.89. The van der Waals surface area contributed by atoms with E-state index in [1.165, 1.54) is 0 Å². The zero-order chi connectivity index (χ0) is 12.4. The summed E-state index contributed by atoms with van der Waals surface area (Å²) in [5.74, 6) is 0.559. The molecular formula is C12H11N3OS2. The van der Waals surface area contributed by atoms with Crippen LogP contribution >= 0.6 is 23.1 Å². The Bertz CT molecular complexity index is 569. The average molecular weight is 277 g/mol. The van der Waals surface area contributed by atoms with E-state index in [-0.39, 0.29) is 5.91 Å². The van der Waals surface area contributed by atoms with E-state index in [1.54, 1.807) is 29.3 Å². The van der Waals surface area contributed by atoms with Crippen molar-refractivity contribution >= 4 is 40.4 Å². The second kappa shape index (κ2) is 4.99. The summed E-state index contributed by atoms with van der Waals surface area (Å²) >= 11 is 3.20. The lowest BCUT2D eigenvalue weighted by atomic mass is 10.2. The minimum absolute atomic E-state index is 0.0598. The number of amides is 1. The number of fused-ring (bicyclic) bond motifs is 1. The van der Waals surface area contributed by atoms with Gasteiger partial charge in [-0.15, -0.1) is 23.1 Å². The second-order valence-corrected chi connectivity index (χ2v) is 5.82. The SMILES string of the molecule is O=C1CSc2ccc(NCc3nccs3)cc2N1. The lowest BCUT2D eigenvalue weighted by molar-refractivity contribution is -0.113. The predicted molar refractivity (Wildman–Crippen MR) is 75.2 cm³/mol. The van der Waals surface area contributed by atoms with Crippen molar-refractivity contribution in [1.82, 2.24) is 4.98 Å². The van der Waals surface area contributed by atoms with Crippen molar-refractivity contribution in [1.29, 1.82) is 0 Å². The quantitative estimate of drug-likeness (QED) is 0.906. The van der Waals surface area contributed by atoms with E-state index in [2.05, 4.69) is 15.6 Å². The Morgan fingerprint density at radius 3 is 3.22 bits per heavy atom. The third-order valence-corrected chi connectivity index (χ3v) is 4.39. The Balaban J connectivity index is 1.73. The molecule has 0 atom stereocenters.